The molecule has 0 spiro atoms. The number of ketones is 1. The summed E-state index contributed by atoms with van der Waals surface area (Å²) in [6, 6.07) is 0. The van der Waals surface area contributed by atoms with Gasteiger partial charge in [-0.15, -0.1) is 0 Å². The van der Waals surface area contributed by atoms with Crippen LogP contribution in [0, 0.1) is 5.92 Å². The summed E-state index contributed by atoms with van der Waals surface area (Å²) in [7, 11) is 0. The fourth-order valence-corrected chi connectivity index (χ4v) is 0.974. The van der Waals surface area contributed by atoms with Crippen LogP contribution < -0.4 is 0 Å². The molecule has 0 saturated heterocycles. The fraction of sp³-hybridized carbons (Fsp3) is 0.889. The second-order valence-corrected chi connectivity index (χ2v) is 2.91. The van der Waals surface area contributed by atoms with Gasteiger partial charge in [-0.1, -0.05) is 20.8 Å². The zero-order valence-corrected chi connectivity index (χ0v) is 7.89. The molecule has 0 aromatic carbocycles. The summed E-state index contributed by atoms with van der Waals surface area (Å²) in [4.78, 5) is 11.3. The van der Waals surface area contributed by atoms with Gasteiger partial charge in [0.15, 0.2) is 5.78 Å². The van der Waals surface area contributed by atoms with Crippen molar-refractivity contribution in [2.75, 3.05) is 6.61 Å². The van der Waals surface area contributed by atoms with E-state index in [1.54, 1.807) is 0 Å². The molecule has 0 radical (unpaired) electrons. The van der Waals surface area contributed by atoms with Crippen molar-refractivity contribution in [3.8, 4) is 0 Å². The van der Waals surface area contributed by atoms with Crippen LogP contribution in [0.4, 0.5) is 0 Å². The maximum atomic E-state index is 11.3. The molecule has 0 bridgehead atoms. The molecular formula is C9H18O2. The minimum absolute atomic E-state index is 0.0894. The minimum atomic E-state index is -0.181. The van der Waals surface area contributed by atoms with Crippen molar-refractivity contribution in [2.24, 2.45) is 5.92 Å². The quantitative estimate of drug-likeness (QED) is 0.612. The molecule has 0 saturated carbocycles. The van der Waals surface area contributed by atoms with E-state index in [1.165, 1.54) is 0 Å². The van der Waals surface area contributed by atoms with E-state index in [2.05, 4.69) is 0 Å². The summed E-state index contributed by atoms with van der Waals surface area (Å²) < 4.78 is 5.26. The summed E-state index contributed by atoms with van der Waals surface area (Å²) >= 11 is 0. The van der Waals surface area contributed by atoms with E-state index < -0.39 is 0 Å². The number of carbonyl (C=O) groups is 1. The Labute approximate surface area is 68.9 Å². The van der Waals surface area contributed by atoms with Gasteiger partial charge in [0.1, 0.15) is 6.10 Å². The summed E-state index contributed by atoms with van der Waals surface area (Å²) in [6.07, 6.45) is 0.602. The number of rotatable bonds is 5. The molecule has 1 unspecified atom stereocenters. The molecule has 2 nitrogen and oxygen atoms in total. The Balaban J connectivity index is 3.92. The molecule has 11 heavy (non-hydrogen) atoms. The molecule has 0 aromatic rings. The van der Waals surface area contributed by atoms with Gasteiger partial charge >= 0.3 is 0 Å². The summed E-state index contributed by atoms with van der Waals surface area (Å²) in [6.45, 7) is 8.32. The van der Waals surface area contributed by atoms with Crippen molar-refractivity contribution >= 4 is 5.78 Å². The zero-order chi connectivity index (χ0) is 8.85. The van der Waals surface area contributed by atoms with Crippen LogP contribution >= 0.6 is 0 Å². The first kappa shape index (κ1) is 10.6. The lowest BCUT2D eigenvalue weighted by Gasteiger charge is -2.15. The van der Waals surface area contributed by atoms with Crippen LogP contribution in [-0.2, 0) is 9.53 Å². The molecule has 0 heterocycles. The predicted octanol–water partition coefficient (Wildman–Crippen LogP) is 2.03. The maximum Gasteiger partial charge on any atom is 0.164 e. The van der Waals surface area contributed by atoms with Gasteiger partial charge in [0, 0.05) is 12.5 Å². The molecule has 2 heteroatoms. The van der Waals surface area contributed by atoms with Crippen LogP contribution in [0.3, 0.4) is 0 Å². The highest BCUT2D eigenvalue weighted by molar-refractivity contribution is 5.84. The smallest absolute Gasteiger partial charge is 0.164 e. The Bertz CT molecular complexity index is 119. The molecular weight excluding hydrogens is 140 g/mol. The van der Waals surface area contributed by atoms with E-state index in [0.29, 0.717) is 6.61 Å². The van der Waals surface area contributed by atoms with Gasteiger partial charge in [0.05, 0.1) is 0 Å². The summed E-state index contributed by atoms with van der Waals surface area (Å²) in [5.74, 6) is 0.306. The molecule has 0 aromatic heterocycles. The van der Waals surface area contributed by atoms with Gasteiger partial charge in [0.2, 0.25) is 0 Å². The van der Waals surface area contributed by atoms with Gasteiger partial charge < -0.3 is 4.74 Å². The lowest BCUT2D eigenvalue weighted by molar-refractivity contribution is -0.133. The standard InChI is InChI=1S/C9H18O2/c1-5-8(11-6-2)9(10)7(3)4/h7-8H,5-6H2,1-4H3. The third-order valence-corrected chi connectivity index (χ3v) is 1.63. The Morgan fingerprint density at radius 2 is 1.91 bits per heavy atom. The van der Waals surface area contributed by atoms with Crippen LogP contribution in [0.5, 0.6) is 0 Å². The van der Waals surface area contributed by atoms with Crippen molar-refractivity contribution in [2.45, 2.75) is 40.2 Å². The highest BCUT2D eigenvalue weighted by Crippen LogP contribution is 2.06. The highest BCUT2D eigenvalue weighted by Gasteiger charge is 2.18. The summed E-state index contributed by atoms with van der Waals surface area (Å²) in [5.41, 5.74) is 0. The van der Waals surface area contributed by atoms with Crippen LogP contribution in [0.1, 0.15) is 34.1 Å². The Morgan fingerprint density at radius 1 is 1.36 bits per heavy atom. The monoisotopic (exact) mass is 158 g/mol. The van der Waals surface area contributed by atoms with Crippen LogP contribution in [-0.4, -0.2) is 18.5 Å². The lowest BCUT2D eigenvalue weighted by Crippen LogP contribution is -2.27. The van der Waals surface area contributed by atoms with E-state index in [1.807, 2.05) is 27.7 Å². The van der Waals surface area contributed by atoms with Gasteiger partial charge in [-0.25, -0.2) is 0 Å². The first-order valence-electron chi connectivity index (χ1n) is 4.28. The first-order valence-corrected chi connectivity index (χ1v) is 4.28. The SMILES string of the molecule is CCOC(CC)C(=O)C(C)C. The Kier molecular flexibility index (Phi) is 5.12. The van der Waals surface area contributed by atoms with E-state index in [-0.39, 0.29) is 17.8 Å². The van der Waals surface area contributed by atoms with Crippen molar-refractivity contribution in [3.63, 3.8) is 0 Å². The van der Waals surface area contributed by atoms with E-state index >= 15 is 0 Å². The predicted molar refractivity (Wildman–Crippen MR) is 45.6 cm³/mol. The molecule has 0 aliphatic carbocycles. The number of carbonyl (C=O) groups excluding carboxylic acids is 1. The van der Waals surface area contributed by atoms with Crippen molar-refractivity contribution in [1.29, 1.82) is 0 Å². The topological polar surface area (TPSA) is 26.3 Å². The highest BCUT2D eigenvalue weighted by atomic mass is 16.5. The van der Waals surface area contributed by atoms with Gasteiger partial charge in [-0.3, -0.25) is 4.79 Å². The molecule has 0 aliphatic heterocycles. The third kappa shape index (κ3) is 3.51. The number of hydrogen-bond acceptors (Lipinski definition) is 2. The van der Waals surface area contributed by atoms with Crippen LogP contribution in [0.2, 0.25) is 0 Å². The maximum absolute atomic E-state index is 11.3. The van der Waals surface area contributed by atoms with Gasteiger partial charge in [-0.05, 0) is 13.3 Å². The second kappa shape index (κ2) is 5.30. The summed E-state index contributed by atoms with van der Waals surface area (Å²) in [5, 5.41) is 0. The second-order valence-electron chi connectivity index (χ2n) is 2.91. The van der Waals surface area contributed by atoms with Crippen LogP contribution in [0.15, 0.2) is 0 Å². The largest absolute Gasteiger partial charge is 0.371 e. The first-order chi connectivity index (χ1) is 5.13. The van der Waals surface area contributed by atoms with Gasteiger partial charge in [0.25, 0.3) is 0 Å². The molecule has 1 atom stereocenters. The molecule has 0 fully saturated rings. The van der Waals surface area contributed by atoms with E-state index in [0.717, 1.165) is 6.42 Å². The normalized spacial score (nSPS) is 13.5. The number of ether oxygens (including phenoxy) is 1. The molecule has 0 N–H and O–H groups in total. The number of hydrogen-bond donors (Lipinski definition) is 0. The number of Topliss-reactive ketones (excluding diaryl/α,β-unsaturated/α-hetero) is 1. The van der Waals surface area contributed by atoms with Crippen molar-refractivity contribution < 1.29 is 9.53 Å². The average Bonchev–Trinajstić information content (AvgIpc) is 1.98. The third-order valence-electron chi connectivity index (χ3n) is 1.63. The van der Waals surface area contributed by atoms with E-state index in [4.69, 9.17) is 4.74 Å². The Hall–Kier alpha value is -0.370. The average molecular weight is 158 g/mol. The lowest BCUT2D eigenvalue weighted by atomic mass is 10.0. The fourth-order valence-electron chi connectivity index (χ4n) is 0.974. The van der Waals surface area contributed by atoms with E-state index in [9.17, 15) is 4.79 Å². The van der Waals surface area contributed by atoms with Gasteiger partial charge in [-0.2, -0.15) is 0 Å². The minimum Gasteiger partial charge on any atom is -0.371 e. The van der Waals surface area contributed by atoms with Crippen molar-refractivity contribution in [3.05, 3.63) is 0 Å². The molecule has 0 amide bonds. The zero-order valence-electron chi connectivity index (χ0n) is 7.89. The van der Waals surface area contributed by atoms with Crippen LogP contribution in [0.25, 0.3) is 0 Å². The molecule has 0 rings (SSSR count). The molecule has 66 valence electrons. The van der Waals surface area contributed by atoms with Crippen molar-refractivity contribution in [1.82, 2.24) is 0 Å². The molecule has 0 aliphatic rings. The Morgan fingerprint density at radius 3 is 2.18 bits per heavy atom.